The Kier molecular flexibility index (Phi) is 8.80. The molecule has 1 aliphatic heterocycles. The topological polar surface area (TPSA) is 68.2 Å². The molecular formula is C27H25NO5. The molecule has 0 atom stereocenters. The van der Waals surface area contributed by atoms with Crippen molar-refractivity contribution in [2.45, 2.75) is 6.92 Å². The Balaban J connectivity index is 1.61. The number of benzene rings is 2. The van der Waals surface area contributed by atoms with E-state index in [9.17, 15) is 4.79 Å². The van der Waals surface area contributed by atoms with Gasteiger partial charge in [0.15, 0.2) is 6.61 Å². The number of aryl methyl sites for hydroxylation is 1. The molecule has 2 aromatic rings. The molecule has 0 unspecified atom stereocenters. The van der Waals surface area contributed by atoms with Crippen molar-refractivity contribution in [1.82, 2.24) is 4.90 Å². The van der Waals surface area contributed by atoms with Crippen LogP contribution < -0.4 is 9.47 Å². The Morgan fingerprint density at radius 2 is 1.85 bits per heavy atom. The van der Waals surface area contributed by atoms with Gasteiger partial charge in [-0.25, -0.2) is 4.79 Å². The van der Waals surface area contributed by atoms with E-state index in [2.05, 4.69) is 34.5 Å². The third-order valence-corrected chi connectivity index (χ3v) is 4.87. The maximum Gasteiger partial charge on any atom is 0.341 e. The average molecular weight is 443 g/mol. The zero-order valence-electron chi connectivity index (χ0n) is 18.5. The summed E-state index contributed by atoms with van der Waals surface area (Å²) in [6.07, 6.45) is 5.74. The van der Waals surface area contributed by atoms with E-state index < -0.39 is 5.97 Å². The highest BCUT2D eigenvalue weighted by atomic mass is 16.5. The summed E-state index contributed by atoms with van der Waals surface area (Å²) in [6, 6.07) is 10.8. The number of carboxylic acids is 1. The van der Waals surface area contributed by atoms with E-state index in [4.69, 9.17) is 25.7 Å². The molecule has 0 radical (unpaired) electrons. The molecule has 0 bridgehead atoms. The highest BCUT2D eigenvalue weighted by Gasteiger charge is 2.08. The van der Waals surface area contributed by atoms with E-state index in [0.29, 0.717) is 23.6 Å². The van der Waals surface area contributed by atoms with Crippen molar-refractivity contribution in [2.75, 3.05) is 46.1 Å². The maximum atomic E-state index is 10.6. The molecule has 1 saturated heterocycles. The molecule has 0 spiro atoms. The first-order valence-electron chi connectivity index (χ1n) is 10.5. The summed E-state index contributed by atoms with van der Waals surface area (Å²) in [5.41, 5.74) is 2.97. The summed E-state index contributed by atoms with van der Waals surface area (Å²) in [7, 11) is 0. The van der Waals surface area contributed by atoms with E-state index >= 15 is 0 Å². The molecule has 1 fully saturated rings. The second-order valence-electron chi connectivity index (χ2n) is 7.26. The number of rotatable bonds is 6. The second kappa shape index (κ2) is 12.2. The van der Waals surface area contributed by atoms with Gasteiger partial charge in [0.05, 0.1) is 25.3 Å². The maximum absolute atomic E-state index is 10.6. The van der Waals surface area contributed by atoms with Gasteiger partial charge in [0, 0.05) is 24.2 Å². The summed E-state index contributed by atoms with van der Waals surface area (Å²) in [5.74, 6) is 15.2. The number of terminal acetylenes is 1. The van der Waals surface area contributed by atoms with Crippen LogP contribution in [0.25, 0.3) is 0 Å². The van der Waals surface area contributed by atoms with Crippen LogP contribution in [0.4, 0.5) is 0 Å². The van der Waals surface area contributed by atoms with Crippen LogP contribution in [-0.2, 0) is 9.53 Å². The average Bonchev–Trinajstić information content (AvgIpc) is 2.82. The lowest BCUT2D eigenvalue weighted by atomic mass is 10.0. The standard InChI is InChI=1S/C27H25NO5/c1-3-25-22(9-5-13-28-14-17-31-18-15-28)7-4-8-23(25)10-6-16-32-24-11-12-26(21(2)19-24)33-20-27(29)30/h1,4,7-8,11-12,19H,13-18,20H2,2H3,(H,29,30). The van der Waals surface area contributed by atoms with Crippen LogP contribution in [-0.4, -0.2) is 62.0 Å². The molecule has 168 valence electrons. The van der Waals surface area contributed by atoms with Gasteiger partial charge in [-0.3, -0.25) is 4.90 Å². The number of carbonyl (C=O) groups is 1. The van der Waals surface area contributed by atoms with Crippen LogP contribution in [0.2, 0.25) is 0 Å². The Morgan fingerprint density at radius 3 is 2.52 bits per heavy atom. The molecule has 0 aromatic heterocycles. The molecule has 1 N–H and O–H groups in total. The van der Waals surface area contributed by atoms with Gasteiger partial charge in [0.2, 0.25) is 0 Å². The highest BCUT2D eigenvalue weighted by Crippen LogP contribution is 2.23. The molecule has 0 saturated carbocycles. The van der Waals surface area contributed by atoms with E-state index in [0.717, 1.165) is 43.0 Å². The fourth-order valence-corrected chi connectivity index (χ4v) is 3.19. The lowest BCUT2D eigenvalue weighted by molar-refractivity contribution is -0.139. The molecule has 0 amide bonds. The summed E-state index contributed by atoms with van der Waals surface area (Å²) in [6.45, 7) is 5.54. The molecule has 0 aliphatic carbocycles. The Hall–Kier alpha value is -3.89. The third-order valence-electron chi connectivity index (χ3n) is 4.87. The van der Waals surface area contributed by atoms with Crippen LogP contribution in [0.15, 0.2) is 36.4 Å². The number of hydrogen-bond acceptors (Lipinski definition) is 5. The minimum atomic E-state index is -1.02. The first kappa shape index (κ1) is 23.8. The molecule has 33 heavy (non-hydrogen) atoms. The smallest absolute Gasteiger partial charge is 0.341 e. The minimum absolute atomic E-state index is 0.172. The normalized spacial score (nSPS) is 13.0. The lowest BCUT2D eigenvalue weighted by Gasteiger charge is -2.24. The molecule has 6 heteroatoms. The monoisotopic (exact) mass is 443 g/mol. The van der Waals surface area contributed by atoms with Crippen molar-refractivity contribution in [3.8, 4) is 47.5 Å². The number of hydrogen-bond donors (Lipinski definition) is 1. The predicted octanol–water partition coefficient (Wildman–Crippen LogP) is 2.55. The van der Waals surface area contributed by atoms with Crippen LogP contribution in [0.1, 0.15) is 22.3 Å². The van der Waals surface area contributed by atoms with Gasteiger partial charge >= 0.3 is 5.97 Å². The summed E-state index contributed by atoms with van der Waals surface area (Å²) in [4.78, 5) is 12.9. The molecule has 1 aliphatic rings. The highest BCUT2D eigenvalue weighted by molar-refractivity contribution is 5.68. The lowest BCUT2D eigenvalue weighted by Crippen LogP contribution is -2.36. The molecule has 6 nitrogen and oxygen atoms in total. The first-order chi connectivity index (χ1) is 16.1. The van der Waals surface area contributed by atoms with E-state index in [1.807, 2.05) is 25.1 Å². The number of ether oxygens (including phenoxy) is 3. The first-order valence-corrected chi connectivity index (χ1v) is 10.5. The van der Waals surface area contributed by atoms with Gasteiger partial charge in [-0.1, -0.05) is 35.7 Å². The minimum Gasteiger partial charge on any atom is -0.482 e. The predicted molar refractivity (Wildman–Crippen MR) is 125 cm³/mol. The number of nitrogens with zero attached hydrogens (tertiary/aromatic N) is 1. The fourth-order valence-electron chi connectivity index (χ4n) is 3.19. The number of carboxylic acid groups (broad SMARTS) is 1. The largest absolute Gasteiger partial charge is 0.482 e. The zero-order chi connectivity index (χ0) is 23.5. The Labute approximate surface area is 194 Å². The van der Waals surface area contributed by atoms with Gasteiger partial charge in [0.1, 0.15) is 18.1 Å². The van der Waals surface area contributed by atoms with Crippen LogP contribution in [0, 0.1) is 42.9 Å². The Morgan fingerprint density at radius 1 is 1.12 bits per heavy atom. The van der Waals surface area contributed by atoms with Crippen LogP contribution >= 0.6 is 0 Å². The van der Waals surface area contributed by atoms with Gasteiger partial charge in [-0.2, -0.15) is 0 Å². The van der Waals surface area contributed by atoms with Gasteiger partial charge < -0.3 is 19.3 Å². The van der Waals surface area contributed by atoms with Crippen molar-refractivity contribution in [3.05, 3.63) is 58.7 Å². The number of aliphatic carboxylic acids is 1. The van der Waals surface area contributed by atoms with E-state index in [-0.39, 0.29) is 13.2 Å². The van der Waals surface area contributed by atoms with Crippen molar-refractivity contribution < 1.29 is 24.1 Å². The molecule has 3 rings (SSSR count). The van der Waals surface area contributed by atoms with Crippen LogP contribution in [0.3, 0.4) is 0 Å². The van der Waals surface area contributed by atoms with Crippen LogP contribution in [0.5, 0.6) is 11.5 Å². The summed E-state index contributed by atoms with van der Waals surface area (Å²) >= 11 is 0. The fraction of sp³-hybridized carbons (Fsp3) is 0.296. The second-order valence-corrected chi connectivity index (χ2v) is 7.26. The van der Waals surface area contributed by atoms with Crippen molar-refractivity contribution in [2.24, 2.45) is 0 Å². The third kappa shape index (κ3) is 7.34. The van der Waals surface area contributed by atoms with E-state index in [1.165, 1.54) is 0 Å². The van der Waals surface area contributed by atoms with Crippen molar-refractivity contribution >= 4 is 5.97 Å². The van der Waals surface area contributed by atoms with Crippen molar-refractivity contribution in [1.29, 1.82) is 0 Å². The summed E-state index contributed by atoms with van der Waals surface area (Å²) in [5, 5.41) is 8.72. The molecule has 1 heterocycles. The zero-order valence-corrected chi connectivity index (χ0v) is 18.5. The van der Waals surface area contributed by atoms with E-state index in [1.54, 1.807) is 18.2 Å². The SMILES string of the molecule is C#Cc1c(C#CCOc2ccc(OCC(=O)O)c(C)c2)cccc1C#CCN1CCOCC1. The molecular weight excluding hydrogens is 418 g/mol. The van der Waals surface area contributed by atoms with Gasteiger partial charge in [0.25, 0.3) is 0 Å². The Bertz CT molecular complexity index is 1150. The summed E-state index contributed by atoms with van der Waals surface area (Å²) < 4.78 is 16.3. The number of morpholine rings is 1. The van der Waals surface area contributed by atoms with Gasteiger partial charge in [-0.15, -0.1) is 6.42 Å². The van der Waals surface area contributed by atoms with Crippen molar-refractivity contribution in [3.63, 3.8) is 0 Å². The quantitative estimate of drug-likeness (QED) is 0.693. The van der Waals surface area contributed by atoms with Gasteiger partial charge in [-0.05, 0) is 42.8 Å². The molecule has 2 aromatic carbocycles.